The zero-order valence-corrected chi connectivity index (χ0v) is 7.71. The second kappa shape index (κ2) is 3.65. The Morgan fingerprint density at radius 1 is 1.21 bits per heavy atom. The molecule has 0 amide bonds. The molecule has 14 heavy (non-hydrogen) atoms. The van der Waals surface area contributed by atoms with E-state index < -0.39 is 23.0 Å². The van der Waals surface area contributed by atoms with Crippen molar-refractivity contribution in [1.29, 1.82) is 0 Å². The Kier molecular flexibility index (Phi) is 2.89. The number of aryl methyl sites for hydroxylation is 1. The highest BCUT2D eigenvalue weighted by Crippen LogP contribution is 2.29. The van der Waals surface area contributed by atoms with Gasteiger partial charge in [-0.05, 0) is 18.6 Å². The third-order valence-electron chi connectivity index (χ3n) is 1.47. The van der Waals surface area contributed by atoms with Gasteiger partial charge in [0.1, 0.15) is 0 Å². The fourth-order valence-corrected chi connectivity index (χ4v) is 0.915. The summed E-state index contributed by atoms with van der Waals surface area (Å²) in [5, 5.41) is 0. The van der Waals surface area contributed by atoms with Crippen molar-refractivity contribution in [1.82, 2.24) is 0 Å². The number of hydrogen-bond donors (Lipinski definition) is 0. The molecule has 0 radical (unpaired) electrons. The SMILES string of the molecule is Cc1ccc(OC(F)(F)Cl)c(F)c1F. The number of alkyl halides is 3. The molecule has 1 aromatic rings. The van der Waals surface area contributed by atoms with Crippen LogP contribution in [0.25, 0.3) is 0 Å². The minimum Gasteiger partial charge on any atom is -0.417 e. The number of benzene rings is 1. The van der Waals surface area contributed by atoms with Crippen LogP contribution in [-0.4, -0.2) is 5.57 Å². The molecule has 78 valence electrons. The van der Waals surface area contributed by atoms with Crippen molar-refractivity contribution in [2.75, 3.05) is 0 Å². The molecule has 0 N–H and O–H groups in total. The zero-order chi connectivity index (χ0) is 10.9. The van der Waals surface area contributed by atoms with Gasteiger partial charge in [0.05, 0.1) is 0 Å². The maximum absolute atomic E-state index is 12.9. The van der Waals surface area contributed by atoms with Gasteiger partial charge in [0.25, 0.3) is 0 Å². The van der Waals surface area contributed by atoms with Crippen LogP contribution >= 0.6 is 11.6 Å². The summed E-state index contributed by atoms with van der Waals surface area (Å²) in [7, 11) is 0. The predicted molar refractivity (Wildman–Crippen MR) is 42.5 cm³/mol. The predicted octanol–water partition coefficient (Wildman–Crippen LogP) is 3.44. The summed E-state index contributed by atoms with van der Waals surface area (Å²) >= 11 is 4.39. The van der Waals surface area contributed by atoms with Crippen LogP contribution in [0.15, 0.2) is 12.1 Å². The van der Waals surface area contributed by atoms with Crippen LogP contribution in [0.5, 0.6) is 5.75 Å². The van der Waals surface area contributed by atoms with E-state index in [1.807, 2.05) is 0 Å². The van der Waals surface area contributed by atoms with Crippen molar-refractivity contribution in [3.63, 3.8) is 0 Å². The summed E-state index contributed by atoms with van der Waals surface area (Å²) in [6.07, 6.45) is 0. The lowest BCUT2D eigenvalue weighted by atomic mass is 10.2. The van der Waals surface area contributed by atoms with Crippen LogP contribution in [0.1, 0.15) is 5.56 Å². The summed E-state index contributed by atoms with van der Waals surface area (Å²) in [6.45, 7) is 1.29. The molecule has 6 heteroatoms. The van der Waals surface area contributed by atoms with Gasteiger partial charge in [-0.1, -0.05) is 6.07 Å². The van der Waals surface area contributed by atoms with Gasteiger partial charge >= 0.3 is 5.57 Å². The lowest BCUT2D eigenvalue weighted by Gasteiger charge is -2.11. The van der Waals surface area contributed by atoms with E-state index in [1.165, 1.54) is 6.92 Å². The monoisotopic (exact) mass is 228 g/mol. The molecule has 1 aromatic carbocycles. The molecule has 0 aromatic heterocycles. The Hall–Kier alpha value is -0.970. The van der Waals surface area contributed by atoms with E-state index in [0.29, 0.717) is 0 Å². The molecule has 0 saturated carbocycles. The molecule has 0 aliphatic rings. The normalized spacial score (nSPS) is 11.6. The van der Waals surface area contributed by atoms with E-state index in [2.05, 4.69) is 16.3 Å². The smallest absolute Gasteiger partial charge is 0.417 e. The van der Waals surface area contributed by atoms with E-state index in [9.17, 15) is 17.6 Å². The first kappa shape index (κ1) is 11.1. The first-order chi connectivity index (χ1) is 6.31. The summed E-state index contributed by atoms with van der Waals surface area (Å²) < 4.78 is 53.6. The van der Waals surface area contributed by atoms with Crippen molar-refractivity contribution in [3.05, 3.63) is 29.3 Å². The van der Waals surface area contributed by atoms with Crippen LogP contribution in [0, 0.1) is 18.6 Å². The van der Waals surface area contributed by atoms with Crippen LogP contribution < -0.4 is 4.74 Å². The van der Waals surface area contributed by atoms with Crippen molar-refractivity contribution < 1.29 is 22.3 Å². The topological polar surface area (TPSA) is 9.23 Å². The summed E-state index contributed by atoms with van der Waals surface area (Å²) in [6, 6.07) is 1.99. The van der Waals surface area contributed by atoms with Gasteiger partial charge in [-0.25, -0.2) is 4.39 Å². The highest BCUT2D eigenvalue weighted by Gasteiger charge is 2.29. The summed E-state index contributed by atoms with van der Waals surface area (Å²) in [4.78, 5) is 0. The van der Waals surface area contributed by atoms with Crippen LogP contribution in [-0.2, 0) is 0 Å². The lowest BCUT2D eigenvalue weighted by Crippen LogP contribution is -2.17. The molecule has 0 heterocycles. The number of rotatable bonds is 2. The van der Waals surface area contributed by atoms with E-state index in [1.54, 1.807) is 0 Å². The standard InChI is InChI=1S/C8H5ClF4O/c1-4-2-3-5(7(11)6(4)10)14-8(9,12)13/h2-3H,1H3. The van der Waals surface area contributed by atoms with Gasteiger partial charge in [0.2, 0.25) is 5.82 Å². The second-order valence-electron chi connectivity index (χ2n) is 2.56. The quantitative estimate of drug-likeness (QED) is 0.557. The molecule has 0 spiro atoms. The molecular formula is C8H5ClF4O. The Labute approximate surface area is 82.2 Å². The highest BCUT2D eigenvalue weighted by molar-refractivity contribution is 6.20. The Morgan fingerprint density at radius 2 is 1.79 bits per heavy atom. The molecule has 0 bridgehead atoms. The van der Waals surface area contributed by atoms with Gasteiger partial charge in [-0.3, -0.25) is 0 Å². The molecule has 0 saturated heterocycles. The minimum atomic E-state index is -4.05. The van der Waals surface area contributed by atoms with Crippen molar-refractivity contribution in [2.24, 2.45) is 0 Å². The fraction of sp³-hybridized carbons (Fsp3) is 0.250. The number of hydrogen-bond acceptors (Lipinski definition) is 1. The third-order valence-corrected chi connectivity index (χ3v) is 1.54. The van der Waals surface area contributed by atoms with Gasteiger partial charge in [0.15, 0.2) is 11.6 Å². The Morgan fingerprint density at radius 3 is 2.29 bits per heavy atom. The molecule has 0 atom stereocenters. The van der Waals surface area contributed by atoms with E-state index in [-0.39, 0.29) is 5.56 Å². The highest BCUT2D eigenvalue weighted by atomic mass is 35.5. The first-order valence-corrected chi connectivity index (χ1v) is 3.89. The maximum atomic E-state index is 12.9. The molecule has 0 aliphatic carbocycles. The number of ether oxygens (including phenoxy) is 1. The molecule has 0 fully saturated rings. The molecule has 0 unspecified atom stereocenters. The van der Waals surface area contributed by atoms with Crippen molar-refractivity contribution >= 4 is 11.6 Å². The average Bonchev–Trinajstić information content (AvgIpc) is 2.04. The van der Waals surface area contributed by atoms with Crippen LogP contribution in [0.4, 0.5) is 17.6 Å². The third kappa shape index (κ3) is 2.51. The second-order valence-corrected chi connectivity index (χ2v) is 3.00. The zero-order valence-electron chi connectivity index (χ0n) is 6.95. The van der Waals surface area contributed by atoms with Crippen LogP contribution in [0.3, 0.4) is 0 Å². The fourth-order valence-electron chi connectivity index (χ4n) is 0.832. The van der Waals surface area contributed by atoms with Gasteiger partial charge < -0.3 is 4.74 Å². The van der Waals surface area contributed by atoms with Crippen molar-refractivity contribution in [2.45, 2.75) is 12.5 Å². The minimum absolute atomic E-state index is 0.00672. The van der Waals surface area contributed by atoms with Gasteiger partial charge in [0, 0.05) is 11.6 Å². The molecule has 1 rings (SSSR count). The Balaban J connectivity index is 3.06. The van der Waals surface area contributed by atoms with Crippen molar-refractivity contribution in [3.8, 4) is 5.75 Å². The first-order valence-electron chi connectivity index (χ1n) is 3.51. The van der Waals surface area contributed by atoms with Gasteiger partial charge in [-0.15, -0.1) is 8.78 Å². The van der Waals surface area contributed by atoms with Crippen LogP contribution in [0.2, 0.25) is 0 Å². The molecular weight excluding hydrogens is 224 g/mol. The van der Waals surface area contributed by atoms with E-state index in [4.69, 9.17) is 0 Å². The summed E-state index contributed by atoms with van der Waals surface area (Å²) in [5.41, 5.74) is -4.06. The molecule has 0 aliphatic heterocycles. The summed E-state index contributed by atoms with van der Waals surface area (Å²) in [5.74, 6) is -3.64. The number of halogens is 5. The largest absolute Gasteiger partial charge is 0.487 e. The maximum Gasteiger partial charge on any atom is 0.487 e. The molecule has 1 nitrogen and oxygen atoms in total. The Bertz CT molecular complexity index is 348. The van der Waals surface area contributed by atoms with E-state index >= 15 is 0 Å². The van der Waals surface area contributed by atoms with Gasteiger partial charge in [-0.2, -0.15) is 4.39 Å². The lowest BCUT2D eigenvalue weighted by molar-refractivity contribution is -0.0987. The average molecular weight is 229 g/mol. The van der Waals surface area contributed by atoms with E-state index in [0.717, 1.165) is 12.1 Å².